The average molecular weight is 240 g/mol. The van der Waals surface area contributed by atoms with Gasteiger partial charge in [-0.15, -0.1) is 6.58 Å². The van der Waals surface area contributed by atoms with E-state index in [0.29, 0.717) is 5.92 Å². The van der Waals surface area contributed by atoms with E-state index in [2.05, 4.69) is 29.0 Å². The highest BCUT2D eigenvalue weighted by atomic mass is 16.3. The van der Waals surface area contributed by atoms with Crippen molar-refractivity contribution < 1.29 is 4.42 Å². The molecule has 1 aliphatic rings. The maximum Gasteiger partial charge on any atom is 0.116 e. The Kier molecular flexibility index (Phi) is 2.89. The molecule has 0 bridgehead atoms. The van der Waals surface area contributed by atoms with Crippen LogP contribution in [-0.4, -0.2) is 18.9 Å². The highest BCUT2D eigenvalue weighted by Crippen LogP contribution is 2.32. The molecule has 18 heavy (non-hydrogen) atoms. The van der Waals surface area contributed by atoms with Crippen molar-refractivity contribution in [3.63, 3.8) is 0 Å². The van der Waals surface area contributed by atoms with Gasteiger partial charge in [-0.05, 0) is 0 Å². The molecule has 2 aromatic rings. The second-order valence-corrected chi connectivity index (χ2v) is 4.55. The summed E-state index contributed by atoms with van der Waals surface area (Å²) >= 11 is 0. The summed E-state index contributed by atoms with van der Waals surface area (Å²) in [6.07, 6.45) is 4.60. The quantitative estimate of drug-likeness (QED) is 0.837. The van der Waals surface area contributed by atoms with Crippen molar-refractivity contribution in [3.05, 3.63) is 48.9 Å². The molecule has 2 heterocycles. The van der Waals surface area contributed by atoms with Crippen molar-refractivity contribution in [2.75, 3.05) is 13.1 Å². The lowest BCUT2D eigenvalue weighted by molar-refractivity contribution is 0.481. The zero-order valence-electron chi connectivity index (χ0n) is 10.2. The van der Waals surface area contributed by atoms with Gasteiger partial charge in [0.1, 0.15) is 5.76 Å². The fourth-order valence-electron chi connectivity index (χ4n) is 2.41. The third-order valence-electron chi connectivity index (χ3n) is 3.30. The van der Waals surface area contributed by atoms with Crippen LogP contribution in [0.3, 0.4) is 0 Å². The summed E-state index contributed by atoms with van der Waals surface area (Å²) in [6, 6.07) is 8.27. The first-order chi connectivity index (χ1) is 8.88. The Hall–Kier alpha value is -2.03. The lowest BCUT2D eigenvalue weighted by Crippen LogP contribution is -2.21. The van der Waals surface area contributed by atoms with Crippen LogP contribution in [0.25, 0.3) is 10.8 Å². The van der Waals surface area contributed by atoms with E-state index in [9.17, 15) is 0 Å². The van der Waals surface area contributed by atoms with E-state index >= 15 is 0 Å². The van der Waals surface area contributed by atoms with Gasteiger partial charge in [0, 0.05) is 29.7 Å². The van der Waals surface area contributed by atoms with E-state index in [4.69, 9.17) is 4.42 Å². The number of nitrogens with zero attached hydrogens (tertiary/aromatic N) is 1. The van der Waals surface area contributed by atoms with Crippen LogP contribution >= 0.6 is 0 Å². The first-order valence-corrected chi connectivity index (χ1v) is 6.22. The smallest absolute Gasteiger partial charge is 0.116 e. The van der Waals surface area contributed by atoms with Gasteiger partial charge < -0.3 is 9.73 Å². The van der Waals surface area contributed by atoms with Gasteiger partial charge in [-0.25, -0.2) is 0 Å². The van der Waals surface area contributed by atoms with E-state index in [1.807, 2.05) is 24.5 Å². The molecule has 0 radical (unpaired) electrons. The summed E-state index contributed by atoms with van der Waals surface area (Å²) in [5.41, 5.74) is 0. The molecule has 0 amide bonds. The largest absolute Gasteiger partial charge is 0.468 e. The van der Waals surface area contributed by atoms with Crippen molar-refractivity contribution in [2.24, 2.45) is 4.99 Å². The normalized spacial score (nSPS) is 18.9. The second-order valence-electron chi connectivity index (χ2n) is 4.55. The lowest BCUT2D eigenvalue weighted by atomic mass is 10.0. The molecule has 0 aliphatic carbocycles. The average Bonchev–Trinajstić information content (AvgIpc) is 3.02. The standard InChI is InChI=1S/C15H16N2O/c1-2-7-16-14-8-12(9-17-14)15-13-6-4-3-5-11(13)10-18-15/h2-6,10,12H,1,7-9H2,(H,16,17). The third-order valence-corrected chi connectivity index (χ3v) is 3.30. The fraction of sp³-hybridized carbons (Fsp3) is 0.267. The van der Waals surface area contributed by atoms with E-state index in [0.717, 1.165) is 31.1 Å². The molecule has 0 saturated carbocycles. The number of rotatable bonds is 3. The molecule has 3 rings (SSSR count). The van der Waals surface area contributed by atoms with E-state index in [1.165, 1.54) is 10.8 Å². The van der Waals surface area contributed by atoms with Gasteiger partial charge >= 0.3 is 0 Å². The highest BCUT2D eigenvalue weighted by molar-refractivity contribution is 5.88. The van der Waals surface area contributed by atoms with Crippen LogP contribution in [0.4, 0.5) is 0 Å². The number of amidine groups is 1. The fourth-order valence-corrected chi connectivity index (χ4v) is 2.41. The van der Waals surface area contributed by atoms with Crippen molar-refractivity contribution in [1.82, 2.24) is 5.32 Å². The minimum absolute atomic E-state index is 0.359. The van der Waals surface area contributed by atoms with Crippen LogP contribution < -0.4 is 5.32 Å². The molecule has 92 valence electrons. The molecule has 3 heteroatoms. The number of benzene rings is 1. The summed E-state index contributed by atoms with van der Waals surface area (Å²) in [5.74, 6) is 2.47. The van der Waals surface area contributed by atoms with Gasteiger partial charge in [0.15, 0.2) is 0 Å². The van der Waals surface area contributed by atoms with E-state index in [1.54, 1.807) is 0 Å². The summed E-state index contributed by atoms with van der Waals surface area (Å²) in [4.78, 5) is 4.52. The minimum Gasteiger partial charge on any atom is -0.468 e. The molecule has 1 N–H and O–H groups in total. The number of hydrogen-bond donors (Lipinski definition) is 1. The van der Waals surface area contributed by atoms with Crippen molar-refractivity contribution in [1.29, 1.82) is 0 Å². The molecule has 1 aliphatic heterocycles. The zero-order chi connectivity index (χ0) is 12.4. The van der Waals surface area contributed by atoms with Crippen molar-refractivity contribution >= 4 is 16.6 Å². The predicted molar refractivity (Wildman–Crippen MR) is 74.1 cm³/mol. The molecule has 0 fully saturated rings. The van der Waals surface area contributed by atoms with Crippen LogP contribution in [0.5, 0.6) is 0 Å². The molecule has 3 nitrogen and oxygen atoms in total. The summed E-state index contributed by atoms with van der Waals surface area (Å²) in [5, 5.41) is 5.64. The SMILES string of the molecule is C=CCNC1=NCC(c2occ3ccccc23)C1. The van der Waals surface area contributed by atoms with Gasteiger partial charge in [0.05, 0.1) is 18.6 Å². The van der Waals surface area contributed by atoms with Gasteiger partial charge in [-0.1, -0.05) is 30.3 Å². The predicted octanol–water partition coefficient (Wildman–Crippen LogP) is 3.09. The second kappa shape index (κ2) is 4.69. The van der Waals surface area contributed by atoms with Crippen LogP contribution in [0.15, 0.2) is 52.6 Å². The Morgan fingerprint density at radius 1 is 1.44 bits per heavy atom. The van der Waals surface area contributed by atoms with Gasteiger partial charge in [0.2, 0.25) is 0 Å². The first-order valence-electron chi connectivity index (χ1n) is 6.22. The first kappa shape index (κ1) is 11.1. The number of hydrogen-bond acceptors (Lipinski definition) is 3. The number of aliphatic imine (C=N–C) groups is 1. The van der Waals surface area contributed by atoms with Crippen LogP contribution in [0.2, 0.25) is 0 Å². The molecule has 1 unspecified atom stereocenters. The Morgan fingerprint density at radius 2 is 2.33 bits per heavy atom. The van der Waals surface area contributed by atoms with E-state index in [-0.39, 0.29) is 0 Å². The molecule has 1 aromatic heterocycles. The number of furan rings is 1. The van der Waals surface area contributed by atoms with Crippen molar-refractivity contribution in [3.8, 4) is 0 Å². The molecule has 1 atom stereocenters. The number of fused-ring (bicyclic) bond motifs is 1. The van der Waals surface area contributed by atoms with Gasteiger partial charge in [-0.2, -0.15) is 0 Å². The van der Waals surface area contributed by atoms with Crippen LogP contribution in [0.1, 0.15) is 18.1 Å². The monoisotopic (exact) mass is 240 g/mol. The summed E-state index contributed by atoms with van der Waals surface area (Å²) in [7, 11) is 0. The Bertz CT molecular complexity index is 597. The maximum absolute atomic E-state index is 5.73. The molecular formula is C15H16N2O. The van der Waals surface area contributed by atoms with Crippen LogP contribution in [-0.2, 0) is 0 Å². The molecule has 0 spiro atoms. The lowest BCUT2D eigenvalue weighted by Gasteiger charge is -2.06. The van der Waals surface area contributed by atoms with Gasteiger partial charge in [-0.3, -0.25) is 4.99 Å². The van der Waals surface area contributed by atoms with E-state index < -0.39 is 0 Å². The zero-order valence-corrected chi connectivity index (χ0v) is 10.2. The highest BCUT2D eigenvalue weighted by Gasteiger charge is 2.24. The minimum atomic E-state index is 0.359. The Balaban J connectivity index is 1.79. The summed E-state index contributed by atoms with van der Waals surface area (Å²) < 4.78 is 5.73. The maximum atomic E-state index is 5.73. The molecule has 0 saturated heterocycles. The Labute approximate surface area is 106 Å². The van der Waals surface area contributed by atoms with Crippen LogP contribution in [0, 0.1) is 0 Å². The van der Waals surface area contributed by atoms with Crippen molar-refractivity contribution in [2.45, 2.75) is 12.3 Å². The Morgan fingerprint density at radius 3 is 3.22 bits per heavy atom. The van der Waals surface area contributed by atoms with Gasteiger partial charge in [0.25, 0.3) is 0 Å². The topological polar surface area (TPSA) is 37.5 Å². The molecule has 1 aromatic carbocycles. The third kappa shape index (κ3) is 1.92. The summed E-state index contributed by atoms with van der Waals surface area (Å²) in [6.45, 7) is 5.27. The molecular weight excluding hydrogens is 224 g/mol. The number of nitrogens with one attached hydrogen (secondary N) is 1.